The van der Waals surface area contributed by atoms with Gasteiger partial charge in [0.05, 0.1) is 26.8 Å². The molecule has 0 atom stereocenters. The van der Waals surface area contributed by atoms with Gasteiger partial charge in [-0.2, -0.15) is 0 Å². The van der Waals surface area contributed by atoms with Crippen molar-refractivity contribution >= 4 is 51.9 Å². The zero-order valence-electron chi connectivity index (χ0n) is 18.0. The monoisotopic (exact) mass is 473 g/mol. The van der Waals surface area contributed by atoms with Gasteiger partial charge in [-0.3, -0.25) is 4.98 Å². The first-order chi connectivity index (χ1) is 15.3. The van der Waals surface area contributed by atoms with E-state index < -0.39 is 0 Å². The van der Waals surface area contributed by atoms with Crippen LogP contribution in [0.5, 0.6) is 5.75 Å². The largest absolute Gasteiger partial charge is 0.487 e. The summed E-state index contributed by atoms with van der Waals surface area (Å²) >= 11 is 12.7. The predicted octanol–water partition coefficient (Wildman–Crippen LogP) is 6.09. The topological polar surface area (TPSA) is 81.1 Å². The number of carbonyl (C=O) groups is 1. The molecule has 2 N–H and O–H groups in total. The van der Waals surface area contributed by atoms with Crippen LogP contribution >= 0.6 is 23.2 Å². The van der Waals surface area contributed by atoms with E-state index in [4.69, 9.17) is 32.9 Å². The van der Waals surface area contributed by atoms with Crippen LogP contribution in [0.15, 0.2) is 24.5 Å². The fourth-order valence-corrected chi connectivity index (χ4v) is 5.11. The Morgan fingerprint density at radius 3 is 2.59 bits per heavy atom. The Bertz CT molecular complexity index is 1180. The van der Waals surface area contributed by atoms with Crippen molar-refractivity contribution in [3.63, 3.8) is 0 Å². The van der Waals surface area contributed by atoms with Gasteiger partial charge in [0.1, 0.15) is 11.4 Å². The zero-order chi connectivity index (χ0) is 22.5. The highest BCUT2D eigenvalue weighted by atomic mass is 35.5. The molecule has 0 radical (unpaired) electrons. The number of rotatable bonds is 3. The maximum absolute atomic E-state index is 13.6. The third kappa shape index (κ3) is 3.88. The fraction of sp³-hybridized carbons (Fsp3) is 0.435. The van der Waals surface area contributed by atoms with E-state index in [1.165, 1.54) is 18.8 Å². The van der Waals surface area contributed by atoms with Gasteiger partial charge in [-0.1, -0.05) is 42.5 Å². The summed E-state index contributed by atoms with van der Waals surface area (Å²) < 4.78 is 7.71. The van der Waals surface area contributed by atoms with Crippen LogP contribution in [0.25, 0.3) is 11.0 Å². The lowest BCUT2D eigenvalue weighted by molar-refractivity contribution is 0.138. The Hall–Kier alpha value is -2.51. The number of hydrogen-bond donors (Lipinski definition) is 2. The fourth-order valence-electron chi connectivity index (χ4n) is 4.65. The third-order valence-electron chi connectivity index (χ3n) is 6.10. The molecule has 1 amide bonds. The summed E-state index contributed by atoms with van der Waals surface area (Å²) in [5.74, 6) is 1.13. The van der Waals surface area contributed by atoms with Crippen LogP contribution in [-0.2, 0) is 6.42 Å². The Morgan fingerprint density at radius 2 is 1.88 bits per heavy atom. The Labute approximate surface area is 196 Å². The summed E-state index contributed by atoms with van der Waals surface area (Å²) in [5, 5.41) is 7.07. The SMILES string of the molecule is CC1(C)Cc2c(ccc3nc(Nc4c(Cl)cncc4Cl)n(C(=O)NC4CCCCC4)c23)O1. The molecule has 9 heteroatoms. The molecule has 168 valence electrons. The number of anilines is 2. The van der Waals surface area contributed by atoms with Crippen molar-refractivity contribution < 1.29 is 9.53 Å². The van der Waals surface area contributed by atoms with Crippen LogP contribution in [0.3, 0.4) is 0 Å². The maximum Gasteiger partial charge on any atom is 0.329 e. The average molecular weight is 474 g/mol. The number of hydrogen-bond acceptors (Lipinski definition) is 5. The normalized spacial score (nSPS) is 17.8. The number of nitrogens with zero attached hydrogens (tertiary/aromatic N) is 3. The predicted molar refractivity (Wildman–Crippen MR) is 126 cm³/mol. The van der Waals surface area contributed by atoms with Gasteiger partial charge in [0.25, 0.3) is 0 Å². The van der Waals surface area contributed by atoms with Crippen LogP contribution in [-0.4, -0.2) is 32.2 Å². The van der Waals surface area contributed by atoms with Gasteiger partial charge >= 0.3 is 6.03 Å². The van der Waals surface area contributed by atoms with Crippen molar-refractivity contribution in [2.45, 2.75) is 64.0 Å². The number of fused-ring (bicyclic) bond motifs is 3. The maximum atomic E-state index is 13.6. The third-order valence-corrected chi connectivity index (χ3v) is 6.67. The van der Waals surface area contributed by atoms with E-state index in [-0.39, 0.29) is 17.7 Å². The van der Waals surface area contributed by atoms with Gasteiger partial charge in [0, 0.05) is 30.4 Å². The summed E-state index contributed by atoms with van der Waals surface area (Å²) in [7, 11) is 0. The van der Waals surface area contributed by atoms with E-state index in [1.54, 1.807) is 4.57 Å². The van der Waals surface area contributed by atoms with E-state index in [9.17, 15) is 4.79 Å². The standard InChI is InChI=1S/C23H25Cl2N5O2/c1-23(2)10-14-18(32-23)9-8-17-20(14)30(22(31)27-13-6-4-3-5-7-13)21(28-17)29-19-15(24)11-26-12-16(19)25/h8-9,11-13H,3-7,10H2,1-2H3,(H,27,31)(H,26,28,29). The second-order valence-corrected chi connectivity index (χ2v) is 9.92. The quantitative estimate of drug-likeness (QED) is 0.481. The van der Waals surface area contributed by atoms with Crippen molar-refractivity contribution in [1.82, 2.24) is 19.9 Å². The highest BCUT2D eigenvalue weighted by Gasteiger charge is 2.34. The van der Waals surface area contributed by atoms with E-state index in [0.717, 1.165) is 42.5 Å². The van der Waals surface area contributed by atoms with Crippen molar-refractivity contribution in [3.8, 4) is 5.75 Å². The van der Waals surface area contributed by atoms with Crippen LogP contribution in [0.2, 0.25) is 10.0 Å². The second-order valence-electron chi connectivity index (χ2n) is 9.11. The number of benzene rings is 1. The molecule has 32 heavy (non-hydrogen) atoms. The Morgan fingerprint density at radius 1 is 1.16 bits per heavy atom. The van der Waals surface area contributed by atoms with Crippen LogP contribution < -0.4 is 15.4 Å². The number of aromatic nitrogens is 3. The molecule has 3 aromatic rings. The molecule has 1 fully saturated rings. The number of carbonyl (C=O) groups excluding carboxylic acids is 1. The molecular formula is C23H25Cl2N5O2. The van der Waals surface area contributed by atoms with Crippen LogP contribution in [0, 0.1) is 0 Å². The zero-order valence-corrected chi connectivity index (χ0v) is 19.6. The molecule has 0 spiro atoms. The number of ether oxygens (including phenoxy) is 1. The van der Waals surface area contributed by atoms with E-state index in [0.29, 0.717) is 33.6 Å². The number of halogens is 2. The number of nitrogens with one attached hydrogen (secondary N) is 2. The van der Waals surface area contributed by atoms with Gasteiger partial charge in [-0.05, 0) is 38.8 Å². The lowest BCUT2D eigenvalue weighted by atomic mass is 9.96. The van der Waals surface area contributed by atoms with Gasteiger partial charge in [-0.25, -0.2) is 14.3 Å². The summed E-state index contributed by atoms with van der Waals surface area (Å²) in [6.45, 7) is 4.08. The molecule has 1 aromatic carbocycles. The molecule has 2 aromatic heterocycles. The smallest absolute Gasteiger partial charge is 0.329 e. The van der Waals surface area contributed by atoms with E-state index in [2.05, 4.69) is 15.6 Å². The highest BCUT2D eigenvalue weighted by molar-refractivity contribution is 6.39. The average Bonchev–Trinajstić information content (AvgIpc) is 3.27. The lowest BCUT2D eigenvalue weighted by Gasteiger charge is -2.23. The minimum atomic E-state index is -0.350. The van der Waals surface area contributed by atoms with Crippen LogP contribution in [0.4, 0.5) is 16.4 Å². The van der Waals surface area contributed by atoms with Gasteiger partial charge < -0.3 is 15.4 Å². The summed E-state index contributed by atoms with van der Waals surface area (Å²) in [6, 6.07) is 3.72. The lowest BCUT2D eigenvalue weighted by Crippen LogP contribution is -2.39. The van der Waals surface area contributed by atoms with Crippen molar-refractivity contribution in [3.05, 3.63) is 40.1 Å². The van der Waals surface area contributed by atoms with Crippen LogP contribution in [0.1, 0.15) is 51.5 Å². The molecule has 0 unspecified atom stereocenters. The van der Waals surface area contributed by atoms with Gasteiger partial charge in [-0.15, -0.1) is 0 Å². The summed E-state index contributed by atoms with van der Waals surface area (Å²) in [4.78, 5) is 22.3. The molecule has 7 nitrogen and oxygen atoms in total. The van der Waals surface area contributed by atoms with Gasteiger partial charge in [0.15, 0.2) is 0 Å². The summed E-state index contributed by atoms with van der Waals surface area (Å²) in [6.07, 6.45) is 9.11. The van der Waals surface area contributed by atoms with Crippen molar-refractivity contribution in [1.29, 1.82) is 0 Å². The molecule has 0 bridgehead atoms. The molecule has 1 saturated carbocycles. The Kier molecular flexibility index (Phi) is 5.42. The van der Waals surface area contributed by atoms with E-state index in [1.807, 2.05) is 26.0 Å². The molecule has 1 aliphatic heterocycles. The molecular weight excluding hydrogens is 449 g/mol. The van der Waals surface area contributed by atoms with E-state index >= 15 is 0 Å². The first kappa shape index (κ1) is 21.3. The molecule has 1 aliphatic carbocycles. The van der Waals surface area contributed by atoms with Crippen molar-refractivity contribution in [2.75, 3.05) is 5.32 Å². The minimum absolute atomic E-state index is 0.152. The highest BCUT2D eigenvalue weighted by Crippen LogP contribution is 2.41. The molecule has 3 heterocycles. The Balaban J connectivity index is 1.63. The first-order valence-electron chi connectivity index (χ1n) is 10.9. The van der Waals surface area contributed by atoms with Gasteiger partial charge in [0.2, 0.25) is 5.95 Å². The first-order valence-corrected chi connectivity index (χ1v) is 11.7. The number of amides is 1. The summed E-state index contributed by atoms with van der Waals surface area (Å²) in [5.41, 5.74) is 2.52. The van der Waals surface area contributed by atoms with Crippen molar-refractivity contribution in [2.24, 2.45) is 0 Å². The molecule has 2 aliphatic rings. The molecule has 5 rings (SSSR count). The molecule has 0 saturated heterocycles. The number of imidazole rings is 1. The second kappa shape index (κ2) is 8.12. The number of pyridine rings is 1. The minimum Gasteiger partial charge on any atom is -0.487 e.